The number of nitrogens with one attached hydrogen (secondary N) is 2. The second-order valence-corrected chi connectivity index (χ2v) is 5.13. The number of furan rings is 1. The molecule has 1 aliphatic heterocycles. The Morgan fingerprint density at radius 3 is 3.00 bits per heavy atom. The summed E-state index contributed by atoms with van der Waals surface area (Å²) in [4.78, 5) is 12.5. The van der Waals surface area contributed by atoms with Crippen LogP contribution in [0.5, 0.6) is 0 Å². The molecule has 0 fully saturated rings. The van der Waals surface area contributed by atoms with Gasteiger partial charge in [-0.2, -0.15) is 0 Å². The molecule has 1 aliphatic rings. The maximum absolute atomic E-state index is 12.5. The minimum atomic E-state index is -0.141. The Bertz CT molecular complexity index is 592. The van der Waals surface area contributed by atoms with Crippen LogP contribution in [0.15, 0.2) is 47.1 Å². The maximum atomic E-state index is 12.5. The van der Waals surface area contributed by atoms with Crippen molar-refractivity contribution < 1.29 is 9.21 Å². The van der Waals surface area contributed by atoms with Crippen molar-refractivity contribution in [3.63, 3.8) is 0 Å². The molecule has 2 N–H and O–H groups in total. The van der Waals surface area contributed by atoms with Gasteiger partial charge in [-0.3, -0.25) is 4.79 Å². The molecule has 1 amide bonds. The van der Waals surface area contributed by atoms with Crippen LogP contribution in [0.2, 0.25) is 0 Å². The molecule has 0 saturated heterocycles. The smallest absolute Gasteiger partial charge is 0.229 e. The van der Waals surface area contributed by atoms with Gasteiger partial charge in [0.2, 0.25) is 5.91 Å². The van der Waals surface area contributed by atoms with E-state index in [0.717, 1.165) is 17.9 Å². The van der Waals surface area contributed by atoms with E-state index >= 15 is 0 Å². The van der Waals surface area contributed by atoms with Crippen LogP contribution in [0, 0.1) is 0 Å². The zero-order valence-electron chi connectivity index (χ0n) is 11.4. The second kappa shape index (κ2) is 5.51. The lowest BCUT2D eigenvalue weighted by atomic mass is 9.90. The van der Waals surface area contributed by atoms with E-state index in [9.17, 15) is 4.79 Å². The lowest BCUT2D eigenvalue weighted by Crippen LogP contribution is -2.39. The van der Waals surface area contributed by atoms with Gasteiger partial charge in [-0.25, -0.2) is 0 Å². The minimum Gasteiger partial charge on any atom is -0.467 e. The highest BCUT2D eigenvalue weighted by atomic mass is 16.3. The third-order valence-electron chi connectivity index (χ3n) is 3.74. The molecule has 4 heteroatoms. The van der Waals surface area contributed by atoms with Gasteiger partial charge in [-0.05, 0) is 30.2 Å². The van der Waals surface area contributed by atoms with Gasteiger partial charge in [-0.1, -0.05) is 24.3 Å². The molecule has 0 bridgehead atoms. The first kappa shape index (κ1) is 12.9. The maximum Gasteiger partial charge on any atom is 0.229 e. The fourth-order valence-corrected chi connectivity index (χ4v) is 2.65. The summed E-state index contributed by atoms with van der Waals surface area (Å²) in [6.07, 6.45) is 1.62. The fourth-order valence-electron chi connectivity index (χ4n) is 2.65. The van der Waals surface area contributed by atoms with E-state index in [1.807, 2.05) is 37.3 Å². The molecular formula is C16H18N2O2. The summed E-state index contributed by atoms with van der Waals surface area (Å²) in [5.74, 6) is 0.668. The molecule has 3 rings (SSSR count). The summed E-state index contributed by atoms with van der Waals surface area (Å²) in [6, 6.07) is 11.7. The first-order chi connectivity index (χ1) is 9.75. The summed E-state index contributed by atoms with van der Waals surface area (Å²) < 4.78 is 5.32. The molecule has 4 nitrogen and oxygen atoms in total. The van der Waals surface area contributed by atoms with Crippen LogP contribution >= 0.6 is 0 Å². The molecule has 0 radical (unpaired) electrons. The third-order valence-corrected chi connectivity index (χ3v) is 3.74. The molecule has 1 aromatic carbocycles. The summed E-state index contributed by atoms with van der Waals surface area (Å²) >= 11 is 0. The van der Waals surface area contributed by atoms with E-state index in [0.29, 0.717) is 6.54 Å². The molecule has 1 aromatic heterocycles. The van der Waals surface area contributed by atoms with Crippen LogP contribution in [-0.4, -0.2) is 12.5 Å². The molecule has 0 aliphatic carbocycles. The van der Waals surface area contributed by atoms with Gasteiger partial charge >= 0.3 is 0 Å². The largest absolute Gasteiger partial charge is 0.467 e. The van der Waals surface area contributed by atoms with Crippen molar-refractivity contribution in [1.29, 1.82) is 0 Å². The Hall–Kier alpha value is -2.07. The van der Waals surface area contributed by atoms with Crippen molar-refractivity contribution in [2.75, 3.05) is 6.54 Å². The van der Waals surface area contributed by atoms with Crippen LogP contribution in [-0.2, 0) is 11.3 Å². The van der Waals surface area contributed by atoms with Gasteiger partial charge in [0, 0.05) is 13.1 Å². The van der Waals surface area contributed by atoms with E-state index < -0.39 is 0 Å². The number of amides is 1. The molecule has 0 saturated carbocycles. The van der Waals surface area contributed by atoms with Crippen molar-refractivity contribution in [3.8, 4) is 0 Å². The molecule has 2 aromatic rings. The van der Waals surface area contributed by atoms with E-state index in [1.54, 1.807) is 6.26 Å². The molecule has 2 atom stereocenters. The Labute approximate surface area is 118 Å². The van der Waals surface area contributed by atoms with E-state index in [-0.39, 0.29) is 17.9 Å². The lowest BCUT2D eigenvalue weighted by molar-refractivity contribution is -0.123. The van der Waals surface area contributed by atoms with Crippen molar-refractivity contribution in [2.24, 2.45) is 0 Å². The van der Waals surface area contributed by atoms with Gasteiger partial charge in [-0.15, -0.1) is 0 Å². The van der Waals surface area contributed by atoms with Crippen molar-refractivity contribution in [3.05, 3.63) is 59.5 Å². The first-order valence-electron chi connectivity index (χ1n) is 6.88. The van der Waals surface area contributed by atoms with Crippen molar-refractivity contribution >= 4 is 5.91 Å². The number of hydrogen-bond acceptors (Lipinski definition) is 3. The summed E-state index contributed by atoms with van der Waals surface area (Å²) in [5, 5.41) is 6.32. The van der Waals surface area contributed by atoms with Gasteiger partial charge < -0.3 is 15.1 Å². The van der Waals surface area contributed by atoms with Crippen LogP contribution < -0.4 is 10.6 Å². The van der Waals surface area contributed by atoms with Gasteiger partial charge in [0.15, 0.2) is 0 Å². The Kier molecular flexibility index (Phi) is 3.56. The van der Waals surface area contributed by atoms with Crippen molar-refractivity contribution in [1.82, 2.24) is 10.6 Å². The summed E-state index contributed by atoms with van der Waals surface area (Å²) in [7, 11) is 0. The number of rotatable bonds is 3. The zero-order chi connectivity index (χ0) is 13.9. The van der Waals surface area contributed by atoms with Gasteiger partial charge in [0.25, 0.3) is 0 Å². The Morgan fingerprint density at radius 2 is 2.20 bits per heavy atom. The molecule has 2 heterocycles. The van der Waals surface area contributed by atoms with Crippen LogP contribution in [0.4, 0.5) is 0 Å². The highest BCUT2D eigenvalue weighted by Gasteiger charge is 2.27. The number of benzene rings is 1. The molecule has 1 unspecified atom stereocenters. The van der Waals surface area contributed by atoms with Gasteiger partial charge in [0.05, 0.1) is 18.2 Å². The van der Waals surface area contributed by atoms with Crippen LogP contribution in [0.25, 0.3) is 0 Å². The van der Waals surface area contributed by atoms with Crippen LogP contribution in [0.1, 0.15) is 35.8 Å². The quantitative estimate of drug-likeness (QED) is 0.900. The van der Waals surface area contributed by atoms with E-state index in [1.165, 1.54) is 5.56 Å². The summed E-state index contributed by atoms with van der Waals surface area (Å²) in [6.45, 7) is 3.43. The Balaban J connectivity index is 1.75. The summed E-state index contributed by atoms with van der Waals surface area (Å²) in [5.41, 5.74) is 2.32. The van der Waals surface area contributed by atoms with E-state index in [4.69, 9.17) is 4.42 Å². The number of carbonyl (C=O) groups is 1. The average molecular weight is 270 g/mol. The number of fused-ring (bicyclic) bond motifs is 1. The van der Waals surface area contributed by atoms with Crippen molar-refractivity contribution in [2.45, 2.75) is 25.4 Å². The topological polar surface area (TPSA) is 54.3 Å². The first-order valence-corrected chi connectivity index (χ1v) is 6.88. The lowest BCUT2D eigenvalue weighted by Gasteiger charge is -2.26. The predicted molar refractivity (Wildman–Crippen MR) is 76.2 cm³/mol. The van der Waals surface area contributed by atoms with E-state index in [2.05, 4.69) is 16.7 Å². The van der Waals surface area contributed by atoms with Crippen LogP contribution in [0.3, 0.4) is 0 Å². The highest BCUT2D eigenvalue weighted by molar-refractivity contribution is 5.85. The predicted octanol–water partition coefficient (Wildman–Crippen LogP) is 2.34. The molecular weight excluding hydrogens is 252 g/mol. The molecule has 104 valence electrons. The fraction of sp³-hybridized carbons (Fsp3) is 0.312. The number of carbonyl (C=O) groups excluding carboxylic acids is 1. The monoisotopic (exact) mass is 270 g/mol. The van der Waals surface area contributed by atoms with Gasteiger partial charge in [0.1, 0.15) is 5.76 Å². The number of hydrogen-bond donors (Lipinski definition) is 2. The average Bonchev–Trinajstić information content (AvgIpc) is 3.01. The normalized spacial score (nSPS) is 19.1. The minimum absolute atomic E-state index is 0.0357. The SMILES string of the molecule is C[C@@H](NC(=O)C1CNCc2ccccc21)c1ccco1. The highest BCUT2D eigenvalue weighted by Crippen LogP contribution is 2.25. The zero-order valence-corrected chi connectivity index (χ0v) is 11.4. The second-order valence-electron chi connectivity index (χ2n) is 5.13. The Morgan fingerprint density at radius 1 is 1.35 bits per heavy atom. The third kappa shape index (κ3) is 2.47. The standard InChI is InChI=1S/C16H18N2O2/c1-11(15-7-4-8-20-15)18-16(19)14-10-17-9-12-5-2-3-6-13(12)14/h2-8,11,14,17H,9-10H2,1H3,(H,18,19)/t11-,14?/m1/s1. The molecule has 20 heavy (non-hydrogen) atoms. The molecule has 0 spiro atoms.